The van der Waals surface area contributed by atoms with Gasteiger partial charge in [-0.05, 0) is 50.1 Å². The van der Waals surface area contributed by atoms with E-state index in [2.05, 4.69) is 29.8 Å². The van der Waals surface area contributed by atoms with Gasteiger partial charge in [0.05, 0.1) is 6.26 Å². The van der Waals surface area contributed by atoms with Gasteiger partial charge < -0.3 is 5.32 Å². The molecule has 0 saturated carbocycles. The van der Waals surface area contributed by atoms with Crippen molar-refractivity contribution in [2.45, 2.75) is 32.2 Å². The zero-order valence-corrected chi connectivity index (χ0v) is 13.8. The Kier molecular flexibility index (Phi) is 5.60. The zero-order chi connectivity index (χ0) is 14.6. The Balaban J connectivity index is 1.76. The van der Waals surface area contributed by atoms with Crippen molar-refractivity contribution in [2.75, 3.05) is 25.9 Å². The van der Waals surface area contributed by atoms with Gasteiger partial charge in [0.1, 0.15) is 0 Å². The molecule has 0 bridgehead atoms. The number of hydrogen-bond donors (Lipinski definition) is 1. The van der Waals surface area contributed by atoms with Gasteiger partial charge in [-0.25, -0.2) is 12.7 Å². The monoisotopic (exact) mass is 316 g/mol. The number of sulfonamides is 1. The van der Waals surface area contributed by atoms with Gasteiger partial charge in [-0.3, -0.25) is 0 Å². The van der Waals surface area contributed by atoms with Crippen LogP contribution in [0.5, 0.6) is 0 Å². The molecule has 1 saturated heterocycles. The molecular weight excluding hydrogens is 292 g/mol. The quantitative estimate of drug-likeness (QED) is 0.872. The third kappa shape index (κ3) is 4.84. The lowest BCUT2D eigenvalue weighted by molar-refractivity contribution is 0.256. The number of nitrogens with zero attached hydrogens (tertiary/aromatic N) is 1. The maximum absolute atomic E-state index is 11.6. The van der Waals surface area contributed by atoms with E-state index in [1.54, 1.807) is 15.6 Å². The molecule has 1 aromatic heterocycles. The number of nitrogens with one attached hydrogen (secondary N) is 1. The van der Waals surface area contributed by atoms with Crippen LogP contribution in [0.2, 0.25) is 0 Å². The molecule has 1 aliphatic rings. The van der Waals surface area contributed by atoms with Crippen molar-refractivity contribution in [2.24, 2.45) is 5.92 Å². The first-order valence-corrected chi connectivity index (χ1v) is 9.89. The summed E-state index contributed by atoms with van der Waals surface area (Å²) in [6, 6.07) is 4.68. The Bertz CT molecular complexity index is 499. The van der Waals surface area contributed by atoms with E-state index >= 15 is 0 Å². The molecule has 1 fully saturated rings. The van der Waals surface area contributed by atoms with Gasteiger partial charge in [-0.15, -0.1) is 11.3 Å². The molecule has 0 aliphatic carbocycles. The van der Waals surface area contributed by atoms with Crippen LogP contribution in [0.3, 0.4) is 0 Å². The lowest BCUT2D eigenvalue weighted by Gasteiger charge is -2.31. The van der Waals surface area contributed by atoms with E-state index in [0.717, 1.165) is 25.8 Å². The van der Waals surface area contributed by atoms with E-state index in [1.165, 1.54) is 11.1 Å². The predicted molar refractivity (Wildman–Crippen MR) is 84.6 cm³/mol. The Morgan fingerprint density at radius 2 is 2.35 bits per heavy atom. The molecular formula is C14H24N2O2S2. The molecule has 114 valence electrons. The summed E-state index contributed by atoms with van der Waals surface area (Å²) >= 11 is 1.79. The summed E-state index contributed by atoms with van der Waals surface area (Å²) in [4.78, 5) is 1.39. The van der Waals surface area contributed by atoms with Crippen molar-refractivity contribution in [1.82, 2.24) is 9.62 Å². The normalized spacial score (nSPS) is 22.8. The van der Waals surface area contributed by atoms with Crippen molar-refractivity contribution in [3.05, 3.63) is 22.4 Å². The molecule has 0 amide bonds. The van der Waals surface area contributed by atoms with Crippen LogP contribution in [0.4, 0.5) is 0 Å². The molecule has 0 radical (unpaired) electrons. The minimum Gasteiger partial charge on any atom is -0.314 e. The summed E-state index contributed by atoms with van der Waals surface area (Å²) in [5.74, 6) is 0.435. The smallest absolute Gasteiger partial charge is 0.211 e. The van der Waals surface area contributed by atoms with E-state index in [-0.39, 0.29) is 0 Å². The summed E-state index contributed by atoms with van der Waals surface area (Å²) in [5.41, 5.74) is 0. The summed E-state index contributed by atoms with van der Waals surface area (Å²) in [6.45, 7) is 4.44. The first-order chi connectivity index (χ1) is 9.45. The highest BCUT2D eigenvalue weighted by atomic mass is 32.2. The molecule has 2 atom stereocenters. The second-order valence-electron chi connectivity index (χ2n) is 5.72. The van der Waals surface area contributed by atoms with Crippen LogP contribution in [0.15, 0.2) is 17.5 Å². The zero-order valence-electron chi connectivity index (χ0n) is 12.2. The Morgan fingerprint density at radius 1 is 1.55 bits per heavy atom. The maximum atomic E-state index is 11.6. The summed E-state index contributed by atoms with van der Waals surface area (Å²) < 4.78 is 24.8. The molecule has 1 aromatic rings. The van der Waals surface area contributed by atoms with Crippen LogP contribution in [0, 0.1) is 5.92 Å². The first kappa shape index (κ1) is 15.9. The Morgan fingerprint density at radius 3 is 3.00 bits per heavy atom. The van der Waals surface area contributed by atoms with Gasteiger partial charge in [-0.1, -0.05) is 6.07 Å². The first-order valence-electron chi connectivity index (χ1n) is 7.16. The van der Waals surface area contributed by atoms with Gasteiger partial charge in [0, 0.05) is 24.0 Å². The van der Waals surface area contributed by atoms with Crippen molar-refractivity contribution in [3.8, 4) is 0 Å². The molecule has 1 aliphatic heterocycles. The van der Waals surface area contributed by atoms with E-state index in [4.69, 9.17) is 0 Å². The molecule has 20 heavy (non-hydrogen) atoms. The van der Waals surface area contributed by atoms with Gasteiger partial charge in [0.2, 0.25) is 10.0 Å². The highest BCUT2D eigenvalue weighted by Crippen LogP contribution is 2.18. The summed E-state index contributed by atoms with van der Waals surface area (Å²) in [5, 5.41) is 5.65. The van der Waals surface area contributed by atoms with Crippen molar-refractivity contribution < 1.29 is 8.42 Å². The minimum absolute atomic E-state index is 0.433. The van der Waals surface area contributed by atoms with E-state index in [1.807, 2.05) is 0 Å². The average molecular weight is 316 g/mol. The van der Waals surface area contributed by atoms with Crippen molar-refractivity contribution >= 4 is 21.4 Å². The lowest BCUT2D eigenvalue weighted by Crippen LogP contribution is -2.43. The van der Waals surface area contributed by atoms with Crippen LogP contribution in [0.1, 0.15) is 24.6 Å². The lowest BCUT2D eigenvalue weighted by atomic mass is 9.99. The number of hydrogen-bond acceptors (Lipinski definition) is 4. The molecule has 2 unspecified atom stereocenters. The molecule has 1 N–H and O–H groups in total. The fourth-order valence-corrected chi connectivity index (χ4v) is 4.44. The molecule has 0 spiro atoms. The topological polar surface area (TPSA) is 49.4 Å². The number of thiophene rings is 1. The van der Waals surface area contributed by atoms with Gasteiger partial charge in [-0.2, -0.15) is 0 Å². The van der Waals surface area contributed by atoms with Crippen molar-refractivity contribution in [3.63, 3.8) is 0 Å². The predicted octanol–water partition coefficient (Wildman–Crippen LogP) is 1.94. The van der Waals surface area contributed by atoms with Crippen LogP contribution in [0.25, 0.3) is 0 Å². The van der Waals surface area contributed by atoms with Crippen LogP contribution in [-0.2, 0) is 16.4 Å². The largest absolute Gasteiger partial charge is 0.314 e. The highest BCUT2D eigenvalue weighted by Gasteiger charge is 2.25. The van der Waals surface area contributed by atoms with Crippen LogP contribution >= 0.6 is 11.3 Å². The van der Waals surface area contributed by atoms with E-state index < -0.39 is 10.0 Å². The van der Waals surface area contributed by atoms with Gasteiger partial charge >= 0.3 is 0 Å². The number of rotatable bonds is 6. The molecule has 4 nitrogen and oxygen atoms in total. The van der Waals surface area contributed by atoms with Crippen LogP contribution < -0.4 is 5.32 Å². The highest BCUT2D eigenvalue weighted by molar-refractivity contribution is 7.88. The fraction of sp³-hybridized carbons (Fsp3) is 0.714. The summed E-state index contributed by atoms with van der Waals surface area (Å²) in [6.07, 6.45) is 4.44. The molecule has 2 rings (SSSR count). The van der Waals surface area contributed by atoms with Gasteiger partial charge in [0.15, 0.2) is 0 Å². The minimum atomic E-state index is -3.03. The van der Waals surface area contributed by atoms with Crippen molar-refractivity contribution in [1.29, 1.82) is 0 Å². The standard InChI is InChI=1S/C14H24N2O2S2/c1-12(9-14-6-4-8-19-14)15-10-13-5-3-7-16(11-13)20(2,17)18/h4,6,8,12-13,15H,3,5,7,9-11H2,1-2H3. The average Bonchev–Trinajstić information content (AvgIpc) is 2.88. The number of piperidine rings is 1. The SMILES string of the molecule is CC(Cc1cccs1)NCC1CCCN(S(C)(=O)=O)C1. The second-order valence-corrected chi connectivity index (χ2v) is 8.74. The Hall–Kier alpha value is -0.430. The molecule has 6 heteroatoms. The Labute approximate surface area is 126 Å². The fourth-order valence-electron chi connectivity index (χ4n) is 2.67. The third-order valence-electron chi connectivity index (χ3n) is 3.79. The molecule has 2 heterocycles. The summed E-state index contributed by atoms with van der Waals surface area (Å²) in [7, 11) is -3.03. The second kappa shape index (κ2) is 7.02. The maximum Gasteiger partial charge on any atom is 0.211 e. The van der Waals surface area contributed by atoms with Crippen LogP contribution in [-0.4, -0.2) is 44.7 Å². The van der Waals surface area contributed by atoms with E-state index in [9.17, 15) is 8.42 Å². The third-order valence-corrected chi connectivity index (χ3v) is 5.96. The van der Waals surface area contributed by atoms with Gasteiger partial charge in [0.25, 0.3) is 0 Å². The van der Waals surface area contributed by atoms with E-state index in [0.29, 0.717) is 25.0 Å². The molecule has 0 aromatic carbocycles.